The highest BCUT2D eigenvalue weighted by atomic mass is 16.5. The summed E-state index contributed by atoms with van der Waals surface area (Å²) in [6.45, 7) is 10.5. The van der Waals surface area contributed by atoms with E-state index in [1.165, 1.54) is 11.3 Å². The van der Waals surface area contributed by atoms with Crippen LogP contribution in [0.2, 0.25) is 0 Å². The topological polar surface area (TPSA) is 84.6 Å². The quantitative estimate of drug-likeness (QED) is 0.623. The van der Waals surface area contributed by atoms with Gasteiger partial charge in [0.05, 0.1) is 12.3 Å². The first-order chi connectivity index (χ1) is 14.0. The van der Waals surface area contributed by atoms with Crippen molar-refractivity contribution in [1.29, 1.82) is 0 Å². The number of carbonyl (C=O) groups excluding carboxylic acids is 1. The normalized spacial score (nSPS) is 17.0. The molecule has 8 heteroatoms. The zero-order chi connectivity index (χ0) is 20.5. The van der Waals surface area contributed by atoms with Gasteiger partial charge < -0.3 is 19.1 Å². The summed E-state index contributed by atoms with van der Waals surface area (Å²) in [5, 5.41) is 4.77. The lowest BCUT2D eigenvalue weighted by Gasteiger charge is -2.42. The van der Waals surface area contributed by atoms with Crippen LogP contribution in [0.4, 0.5) is 11.5 Å². The van der Waals surface area contributed by atoms with Crippen LogP contribution in [-0.4, -0.2) is 53.4 Å². The predicted octanol–water partition coefficient (Wildman–Crippen LogP) is 3.13. The molecule has 152 valence electrons. The third-order valence-electron chi connectivity index (χ3n) is 5.21. The Hall–Kier alpha value is -3.16. The molecule has 0 bridgehead atoms. The smallest absolute Gasteiger partial charge is 0.376 e. The number of hydrogen-bond acceptors (Lipinski definition) is 8. The average Bonchev–Trinajstić information content (AvgIpc) is 3.08. The highest BCUT2D eigenvalue weighted by Gasteiger charge is 2.29. The average molecular weight is 395 g/mol. The van der Waals surface area contributed by atoms with Gasteiger partial charge in [-0.25, -0.2) is 9.78 Å². The number of nitrogens with zero attached hydrogens (tertiary/aromatic N) is 5. The third-order valence-corrected chi connectivity index (χ3v) is 5.21. The molecule has 3 heterocycles. The molecule has 0 aliphatic carbocycles. The van der Waals surface area contributed by atoms with Crippen molar-refractivity contribution in [1.82, 2.24) is 15.1 Å². The summed E-state index contributed by atoms with van der Waals surface area (Å²) in [7, 11) is 0. The minimum Gasteiger partial charge on any atom is -0.460 e. The van der Waals surface area contributed by atoms with Crippen LogP contribution in [0.25, 0.3) is 11.1 Å². The van der Waals surface area contributed by atoms with Crippen LogP contribution in [0.5, 0.6) is 0 Å². The van der Waals surface area contributed by atoms with Gasteiger partial charge in [0.25, 0.3) is 5.71 Å². The first kappa shape index (κ1) is 19.2. The van der Waals surface area contributed by atoms with E-state index in [1.807, 2.05) is 6.92 Å². The summed E-state index contributed by atoms with van der Waals surface area (Å²) >= 11 is 0. The Morgan fingerprint density at radius 1 is 1.28 bits per heavy atom. The van der Waals surface area contributed by atoms with E-state index < -0.39 is 5.97 Å². The molecule has 8 nitrogen and oxygen atoms in total. The monoisotopic (exact) mass is 395 g/mol. The van der Waals surface area contributed by atoms with Crippen LogP contribution in [0.3, 0.4) is 0 Å². The lowest BCUT2D eigenvalue weighted by molar-refractivity contribution is 0.0512. The summed E-state index contributed by atoms with van der Waals surface area (Å²) in [4.78, 5) is 25.6. The maximum atomic E-state index is 12.2. The predicted molar refractivity (Wildman–Crippen MR) is 110 cm³/mol. The van der Waals surface area contributed by atoms with Crippen molar-refractivity contribution in [3.63, 3.8) is 0 Å². The third kappa shape index (κ3) is 3.62. The van der Waals surface area contributed by atoms with E-state index in [-0.39, 0.29) is 18.5 Å². The molecule has 1 saturated heterocycles. The fourth-order valence-electron chi connectivity index (χ4n) is 3.82. The Labute approximate surface area is 169 Å². The van der Waals surface area contributed by atoms with Crippen LogP contribution in [0, 0.1) is 13.8 Å². The molecule has 1 atom stereocenters. The second kappa shape index (κ2) is 7.69. The number of esters is 1. The number of piperazine rings is 1. The number of fused-ring (bicyclic) bond motifs is 1. The summed E-state index contributed by atoms with van der Waals surface area (Å²) in [6, 6.07) is 8.81. The SMILES string of the molecule is CCOC(=O)c1nc(N2CCN(c3cccc(C)c3)C(C)C2)c2c(C)noc2n1. The van der Waals surface area contributed by atoms with E-state index in [0.717, 1.165) is 25.0 Å². The molecule has 2 aromatic heterocycles. The first-order valence-corrected chi connectivity index (χ1v) is 9.87. The van der Waals surface area contributed by atoms with Crippen molar-refractivity contribution < 1.29 is 14.1 Å². The number of aryl methyl sites for hydroxylation is 2. The second-order valence-corrected chi connectivity index (χ2v) is 7.37. The number of ether oxygens (including phenoxy) is 1. The van der Waals surface area contributed by atoms with Crippen molar-refractivity contribution in [2.75, 3.05) is 36.0 Å². The van der Waals surface area contributed by atoms with Crippen molar-refractivity contribution in [3.05, 3.63) is 41.3 Å². The molecule has 1 unspecified atom stereocenters. The zero-order valence-corrected chi connectivity index (χ0v) is 17.2. The number of aromatic nitrogens is 3. The van der Waals surface area contributed by atoms with Crippen molar-refractivity contribution in [3.8, 4) is 0 Å². The van der Waals surface area contributed by atoms with Gasteiger partial charge in [-0.1, -0.05) is 17.3 Å². The van der Waals surface area contributed by atoms with Crippen molar-refractivity contribution in [2.45, 2.75) is 33.7 Å². The van der Waals surface area contributed by atoms with Gasteiger partial charge in [0, 0.05) is 31.4 Å². The number of anilines is 2. The van der Waals surface area contributed by atoms with Gasteiger partial charge in [-0.3, -0.25) is 0 Å². The van der Waals surface area contributed by atoms with Gasteiger partial charge in [0.15, 0.2) is 0 Å². The number of rotatable bonds is 4. The van der Waals surface area contributed by atoms with Gasteiger partial charge in [-0.15, -0.1) is 0 Å². The molecular weight excluding hydrogens is 370 g/mol. The Bertz CT molecular complexity index is 1050. The molecule has 1 aromatic carbocycles. The molecule has 0 saturated carbocycles. The van der Waals surface area contributed by atoms with Crippen LogP contribution in [0.15, 0.2) is 28.8 Å². The fourth-order valence-corrected chi connectivity index (χ4v) is 3.82. The van der Waals surface area contributed by atoms with E-state index in [4.69, 9.17) is 9.26 Å². The highest BCUT2D eigenvalue weighted by molar-refractivity contribution is 5.93. The van der Waals surface area contributed by atoms with Crippen molar-refractivity contribution in [2.24, 2.45) is 0 Å². The number of carbonyl (C=O) groups is 1. The van der Waals surface area contributed by atoms with Gasteiger partial charge in [-0.05, 0) is 45.4 Å². The molecule has 0 radical (unpaired) electrons. The summed E-state index contributed by atoms with van der Waals surface area (Å²) in [5.41, 5.74) is 3.48. The summed E-state index contributed by atoms with van der Waals surface area (Å²) in [5.74, 6) is 0.114. The van der Waals surface area contributed by atoms with Crippen molar-refractivity contribution >= 4 is 28.6 Å². The molecule has 1 aliphatic rings. The van der Waals surface area contributed by atoms with E-state index in [0.29, 0.717) is 17.2 Å². The van der Waals surface area contributed by atoms with Crippen LogP contribution in [0.1, 0.15) is 35.7 Å². The Morgan fingerprint density at radius 3 is 2.83 bits per heavy atom. The molecular formula is C21H25N5O3. The lowest BCUT2D eigenvalue weighted by atomic mass is 10.1. The maximum Gasteiger partial charge on any atom is 0.376 e. The summed E-state index contributed by atoms with van der Waals surface area (Å²) < 4.78 is 10.4. The van der Waals surface area contributed by atoms with Gasteiger partial charge in [0.1, 0.15) is 11.2 Å². The van der Waals surface area contributed by atoms with Crippen LogP contribution < -0.4 is 9.80 Å². The zero-order valence-electron chi connectivity index (χ0n) is 17.2. The number of benzene rings is 1. The Kier molecular flexibility index (Phi) is 5.08. The molecule has 0 spiro atoms. The summed E-state index contributed by atoms with van der Waals surface area (Å²) in [6.07, 6.45) is 0. The molecule has 0 N–H and O–H groups in total. The molecule has 0 amide bonds. The standard InChI is InChI=1S/C21H25N5O3/c1-5-28-21(27)18-22-19(17-15(4)24-29-20(17)23-18)25-9-10-26(14(3)12-25)16-8-6-7-13(2)11-16/h6-8,11,14H,5,9-10,12H2,1-4H3. The highest BCUT2D eigenvalue weighted by Crippen LogP contribution is 2.30. The van der Waals surface area contributed by atoms with E-state index in [2.05, 4.69) is 63.0 Å². The number of hydrogen-bond donors (Lipinski definition) is 0. The van der Waals surface area contributed by atoms with Crippen LogP contribution >= 0.6 is 0 Å². The fraction of sp³-hybridized carbons (Fsp3) is 0.429. The van der Waals surface area contributed by atoms with E-state index in [9.17, 15) is 4.79 Å². The second-order valence-electron chi connectivity index (χ2n) is 7.37. The van der Waals surface area contributed by atoms with Gasteiger partial charge >= 0.3 is 5.97 Å². The van der Waals surface area contributed by atoms with Crippen LogP contribution in [-0.2, 0) is 4.74 Å². The van der Waals surface area contributed by atoms with E-state index >= 15 is 0 Å². The maximum absolute atomic E-state index is 12.2. The first-order valence-electron chi connectivity index (χ1n) is 9.87. The molecule has 3 aromatic rings. The minimum absolute atomic E-state index is 0.000679. The largest absolute Gasteiger partial charge is 0.460 e. The Morgan fingerprint density at radius 2 is 2.10 bits per heavy atom. The minimum atomic E-state index is -0.559. The van der Waals surface area contributed by atoms with Gasteiger partial charge in [0.2, 0.25) is 5.82 Å². The molecule has 4 rings (SSSR count). The molecule has 1 fully saturated rings. The lowest BCUT2D eigenvalue weighted by Crippen LogP contribution is -2.52. The molecule has 29 heavy (non-hydrogen) atoms. The van der Waals surface area contributed by atoms with E-state index in [1.54, 1.807) is 6.92 Å². The molecule has 1 aliphatic heterocycles. The Balaban J connectivity index is 1.66. The van der Waals surface area contributed by atoms with Gasteiger partial charge in [-0.2, -0.15) is 4.98 Å².